The second-order valence-corrected chi connectivity index (χ2v) is 12.0. The molecule has 1 saturated carbocycles. The molecule has 5 nitrogen and oxygen atoms in total. The molecule has 0 amide bonds. The Labute approximate surface area is 251 Å². The van der Waals surface area contributed by atoms with Crippen molar-refractivity contribution in [3.8, 4) is 0 Å². The lowest BCUT2D eigenvalue weighted by Crippen LogP contribution is -2.41. The summed E-state index contributed by atoms with van der Waals surface area (Å²) >= 11 is 0. The number of rotatable bonds is 7. The molecule has 2 aromatic carbocycles. The van der Waals surface area contributed by atoms with Crippen molar-refractivity contribution in [2.75, 3.05) is 31.2 Å². The van der Waals surface area contributed by atoms with E-state index in [0.717, 1.165) is 59.9 Å². The number of nitrogens with one attached hydrogen (secondary N) is 2. The molecule has 0 bridgehead atoms. The van der Waals surface area contributed by atoms with Gasteiger partial charge in [0.15, 0.2) is 5.78 Å². The third-order valence-electron chi connectivity index (χ3n) is 8.57. The number of aryl methyl sites for hydroxylation is 2. The molecular formula is C36H59N3O2. The molecule has 2 aliphatic rings. The van der Waals surface area contributed by atoms with Gasteiger partial charge in [-0.3, -0.25) is 4.79 Å². The first-order chi connectivity index (χ1) is 19.5. The first-order valence-electron chi connectivity index (χ1n) is 15.8. The van der Waals surface area contributed by atoms with Gasteiger partial charge >= 0.3 is 0 Å². The van der Waals surface area contributed by atoms with Crippen molar-refractivity contribution in [1.82, 2.24) is 5.32 Å². The standard InChI is InChI=1S/C14H20O.C9H16O.C8H12N2.C5H11N/c1-6-13-10(4)7-12(9(2)3)8-14(13)11(5)15;1-2-8-3-5-9(7-10)6-4-8;1-6-3-4-7(10-2)5-8(6)9;1-2-5-3-6-4-5/h7-9H,6H2,1-5H3;7-9H,2-6H2,1H3;3-5,10H,9H2,1-2H3;5-6H,2-4H2,1H3. The number of aldehydes is 1. The van der Waals surface area contributed by atoms with Crippen LogP contribution in [0.25, 0.3) is 0 Å². The third-order valence-corrected chi connectivity index (χ3v) is 8.57. The van der Waals surface area contributed by atoms with Gasteiger partial charge in [0.25, 0.3) is 0 Å². The van der Waals surface area contributed by atoms with Crippen LogP contribution in [0.5, 0.6) is 0 Å². The van der Waals surface area contributed by atoms with Crippen LogP contribution in [0.4, 0.5) is 11.4 Å². The number of ketones is 1. The lowest BCUT2D eigenvalue weighted by atomic mass is 9.82. The van der Waals surface area contributed by atoms with Gasteiger partial charge in [-0.25, -0.2) is 0 Å². The molecule has 0 unspecified atom stereocenters. The van der Waals surface area contributed by atoms with Gasteiger partial charge < -0.3 is 21.2 Å². The summed E-state index contributed by atoms with van der Waals surface area (Å²) in [5.74, 6) is 2.97. The Hall–Kier alpha value is -2.66. The maximum Gasteiger partial charge on any atom is 0.160 e. The molecular weight excluding hydrogens is 506 g/mol. The predicted molar refractivity (Wildman–Crippen MR) is 178 cm³/mol. The first-order valence-corrected chi connectivity index (χ1v) is 15.8. The number of carbonyl (C=O) groups is 2. The van der Waals surface area contributed by atoms with Crippen molar-refractivity contribution >= 4 is 23.4 Å². The van der Waals surface area contributed by atoms with Gasteiger partial charge in [-0.05, 0) is 124 Å². The summed E-state index contributed by atoms with van der Waals surface area (Å²) in [6, 6.07) is 10.2. The number of Topliss-reactive ketones (excluding diaryl/α,β-unsaturated/α-hetero) is 1. The van der Waals surface area contributed by atoms with Crippen LogP contribution in [-0.4, -0.2) is 32.2 Å². The van der Waals surface area contributed by atoms with E-state index in [1.807, 2.05) is 32.2 Å². The predicted octanol–water partition coefficient (Wildman–Crippen LogP) is 8.52. The fourth-order valence-electron chi connectivity index (χ4n) is 5.13. The van der Waals surface area contributed by atoms with E-state index >= 15 is 0 Å². The highest BCUT2D eigenvalue weighted by atomic mass is 16.1. The Bertz CT molecular complexity index is 1050. The summed E-state index contributed by atoms with van der Waals surface area (Å²) in [6.07, 6.45) is 9.55. The molecule has 5 heteroatoms. The van der Waals surface area contributed by atoms with E-state index in [-0.39, 0.29) is 5.78 Å². The van der Waals surface area contributed by atoms with Crippen molar-refractivity contribution in [3.05, 3.63) is 58.1 Å². The van der Waals surface area contributed by atoms with Crippen LogP contribution in [0.3, 0.4) is 0 Å². The molecule has 0 spiro atoms. The van der Waals surface area contributed by atoms with Crippen LogP contribution in [0.2, 0.25) is 0 Å². The van der Waals surface area contributed by atoms with E-state index in [1.54, 1.807) is 6.92 Å². The van der Waals surface area contributed by atoms with Crippen molar-refractivity contribution in [2.45, 2.75) is 106 Å². The van der Waals surface area contributed by atoms with Crippen molar-refractivity contribution in [2.24, 2.45) is 17.8 Å². The SMILES string of the molecule is CCC1CCC(C=O)CC1.CCC1CNC1.CCc1c(C)cc(C(C)C)cc1C(C)=O.CNc1ccc(C)c(N)c1. The van der Waals surface area contributed by atoms with Gasteiger partial charge in [-0.1, -0.05) is 59.6 Å². The maximum absolute atomic E-state index is 11.6. The highest BCUT2D eigenvalue weighted by molar-refractivity contribution is 5.96. The molecule has 0 aromatic heterocycles. The van der Waals surface area contributed by atoms with Crippen LogP contribution >= 0.6 is 0 Å². The first kappa shape index (κ1) is 36.4. The minimum atomic E-state index is 0.178. The van der Waals surface area contributed by atoms with E-state index in [4.69, 9.17) is 5.73 Å². The largest absolute Gasteiger partial charge is 0.398 e. The molecule has 230 valence electrons. The Balaban J connectivity index is 0.000000286. The van der Waals surface area contributed by atoms with Crippen LogP contribution in [0, 0.1) is 31.6 Å². The molecule has 41 heavy (non-hydrogen) atoms. The molecule has 1 aliphatic heterocycles. The Morgan fingerprint density at radius 2 is 1.59 bits per heavy atom. The number of nitrogen functional groups attached to an aromatic ring is 1. The highest BCUT2D eigenvalue weighted by Crippen LogP contribution is 2.29. The Kier molecular flexibility index (Phi) is 17.3. The van der Waals surface area contributed by atoms with Gasteiger partial charge in [0, 0.05) is 29.9 Å². The summed E-state index contributed by atoms with van der Waals surface area (Å²) in [4.78, 5) is 21.9. The van der Waals surface area contributed by atoms with Gasteiger partial charge in [0.2, 0.25) is 0 Å². The van der Waals surface area contributed by atoms with Gasteiger partial charge in [-0.15, -0.1) is 0 Å². The number of anilines is 2. The zero-order chi connectivity index (χ0) is 30.9. The number of hydrogen-bond donors (Lipinski definition) is 3. The third kappa shape index (κ3) is 12.8. The molecule has 0 radical (unpaired) electrons. The number of benzene rings is 2. The van der Waals surface area contributed by atoms with E-state index in [0.29, 0.717) is 11.8 Å². The normalized spacial score (nSPS) is 17.9. The second-order valence-electron chi connectivity index (χ2n) is 12.0. The molecule has 1 aliphatic carbocycles. The molecule has 0 atom stereocenters. The summed E-state index contributed by atoms with van der Waals surface area (Å²) in [5.41, 5.74) is 13.3. The van der Waals surface area contributed by atoms with Gasteiger partial charge in [0.05, 0.1) is 0 Å². The molecule has 4 N–H and O–H groups in total. The van der Waals surface area contributed by atoms with Crippen LogP contribution < -0.4 is 16.4 Å². The molecule has 1 heterocycles. The molecule has 2 aromatic rings. The van der Waals surface area contributed by atoms with Gasteiger partial charge in [0.1, 0.15) is 6.29 Å². The van der Waals surface area contributed by atoms with E-state index < -0.39 is 0 Å². The minimum Gasteiger partial charge on any atom is -0.398 e. The van der Waals surface area contributed by atoms with Crippen LogP contribution in [0.15, 0.2) is 30.3 Å². The number of nitrogens with two attached hydrogens (primary N) is 1. The van der Waals surface area contributed by atoms with E-state index in [2.05, 4.69) is 64.3 Å². The Morgan fingerprint density at radius 1 is 0.976 bits per heavy atom. The summed E-state index contributed by atoms with van der Waals surface area (Å²) in [7, 11) is 1.88. The average Bonchev–Trinajstić information content (AvgIpc) is 2.94. The molecule has 4 rings (SSSR count). The summed E-state index contributed by atoms with van der Waals surface area (Å²) in [5, 5.41) is 6.23. The highest BCUT2D eigenvalue weighted by Gasteiger charge is 2.18. The number of hydrogen-bond acceptors (Lipinski definition) is 5. The van der Waals surface area contributed by atoms with Crippen molar-refractivity contribution in [1.29, 1.82) is 0 Å². The molecule has 2 fully saturated rings. The maximum atomic E-state index is 11.6. The number of carbonyl (C=O) groups excluding carboxylic acids is 2. The Morgan fingerprint density at radius 3 is 1.95 bits per heavy atom. The zero-order valence-electron chi connectivity index (χ0n) is 27.5. The van der Waals surface area contributed by atoms with E-state index in [9.17, 15) is 9.59 Å². The lowest BCUT2D eigenvalue weighted by Gasteiger charge is -2.25. The minimum absolute atomic E-state index is 0.178. The monoisotopic (exact) mass is 565 g/mol. The van der Waals surface area contributed by atoms with Crippen molar-refractivity contribution in [3.63, 3.8) is 0 Å². The quantitative estimate of drug-likeness (QED) is 0.178. The summed E-state index contributed by atoms with van der Waals surface area (Å²) < 4.78 is 0. The second kappa shape index (κ2) is 19.5. The molecule has 1 saturated heterocycles. The smallest absolute Gasteiger partial charge is 0.160 e. The lowest BCUT2D eigenvalue weighted by molar-refractivity contribution is -0.112. The van der Waals surface area contributed by atoms with Gasteiger partial charge in [-0.2, -0.15) is 0 Å². The average molecular weight is 566 g/mol. The summed E-state index contributed by atoms with van der Waals surface area (Å²) in [6.45, 7) is 19.2. The van der Waals surface area contributed by atoms with E-state index in [1.165, 1.54) is 55.5 Å². The zero-order valence-corrected chi connectivity index (χ0v) is 27.5. The topological polar surface area (TPSA) is 84.2 Å². The van der Waals surface area contributed by atoms with Crippen molar-refractivity contribution < 1.29 is 9.59 Å². The van der Waals surface area contributed by atoms with Crippen LogP contribution in [0.1, 0.15) is 119 Å². The fourth-order valence-corrected chi connectivity index (χ4v) is 5.13. The fraction of sp³-hybridized carbons (Fsp3) is 0.611. The van der Waals surface area contributed by atoms with Crippen LogP contribution in [-0.2, 0) is 11.2 Å².